The van der Waals surface area contributed by atoms with Gasteiger partial charge in [0.25, 0.3) is 0 Å². The number of methoxy groups -OCH3 is 1. The Morgan fingerprint density at radius 1 is 1.07 bits per heavy atom. The molecule has 0 spiro atoms. The summed E-state index contributed by atoms with van der Waals surface area (Å²) in [6, 6.07) is 11.2. The Morgan fingerprint density at radius 3 is 2.26 bits per heavy atom. The SMILES string of the molecule is COc1ccc(CCNC(=O)NC[C@@H](O)c2ccc(C(F)(F)F)cc2)cc1. The number of halogens is 3. The molecule has 2 rings (SSSR count). The van der Waals surface area contributed by atoms with Crippen molar-refractivity contribution >= 4 is 6.03 Å². The summed E-state index contributed by atoms with van der Waals surface area (Å²) < 4.78 is 42.6. The van der Waals surface area contributed by atoms with Crippen molar-refractivity contribution in [2.24, 2.45) is 0 Å². The standard InChI is InChI=1S/C19H21F3N2O3/c1-27-16-8-2-13(3-9-16)10-11-23-18(26)24-12-17(25)14-4-6-15(7-5-14)19(20,21)22/h2-9,17,25H,10-12H2,1H3,(H2,23,24,26)/t17-/m1/s1. The Balaban J connectivity index is 1.72. The maximum atomic E-state index is 12.5. The number of aliphatic hydroxyl groups is 1. The second kappa shape index (κ2) is 9.27. The fourth-order valence-corrected chi connectivity index (χ4v) is 2.38. The van der Waals surface area contributed by atoms with Gasteiger partial charge in [0.15, 0.2) is 0 Å². The van der Waals surface area contributed by atoms with Crippen LogP contribution in [0.25, 0.3) is 0 Å². The molecule has 0 radical (unpaired) electrons. The number of hydrogen-bond acceptors (Lipinski definition) is 3. The van der Waals surface area contributed by atoms with Crippen LogP contribution in [0.4, 0.5) is 18.0 Å². The molecule has 0 saturated heterocycles. The minimum absolute atomic E-state index is 0.111. The van der Waals surface area contributed by atoms with Crippen LogP contribution in [0.3, 0.4) is 0 Å². The summed E-state index contributed by atoms with van der Waals surface area (Å²) in [5, 5.41) is 15.1. The van der Waals surface area contributed by atoms with Crippen molar-refractivity contribution in [1.29, 1.82) is 0 Å². The number of carbonyl (C=O) groups is 1. The molecule has 3 N–H and O–H groups in total. The van der Waals surface area contributed by atoms with E-state index in [9.17, 15) is 23.1 Å². The zero-order valence-electron chi connectivity index (χ0n) is 14.7. The Kier molecular flexibility index (Phi) is 7.06. The predicted octanol–water partition coefficient (Wildman–Crippen LogP) is 3.29. The van der Waals surface area contributed by atoms with Gasteiger partial charge >= 0.3 is 12.2 Å². The highest BCUT2D eigenvalue weighted by Gasteiger charge is 2.30. The highest BCUT2D eigenvalue weighted by Crippen LogP contribution is 2.29. The van der Waals surface area contributed by atoms with Crippen LogP contribution < -0.4 is 15.4 Å². The van der Waals surface area contributed by atoms with Gasteiger partial charge in [-0.2, -0.15) is 13.2 Å². The molecule has 0 aliphatic heterocycles. The molecule has 0 heterocycles. The topological polar surface area (TPSA) is 70.6 Å². The second-order valence-electron chi connectivity index (χ2n) is 5.87. The average Bonchev–Trinajstić information content (AvgIpc) is 2.66. The number of urea groups is 1. The Bertz CT molecular complexity index is 731. The molecule has 0 saturated carbocycles. The molecule has 0 unspecified atom stereocenters. The Hall–Kier alpha value is -2.74. The number of rotatable bonds is 7. The van der Waals surface area contributed by atoms with E-state index in [2.05, 4.69) is 10.6 Å². The molecule has 0 bridgehead atoms. The Labute approximate surface area is 155 Å². The van der Waals surface area contributed by atoms with Gasteiger partial charge in [-0.1, -0.05) is 24.3 Å². The molecular formula is C19H21F3N2O3. The second-order valence-corrected chi connectivity index (χ2v) is 5.87. The maximum absolute atomic E-state index is 12.5. The third-order valence-electron chi connectivity index (χ3n) is 3.94. The van der Waals surface area contributed by atoms with Gasteiger partial charge in [-0.15, -0.1) is 0 Å². The van der Waals surface area contributed by atoms with E-state index in [1.807, 2.05) is 24.3 Å². The van der Waals surface area contributed by atoms with E-state index in [1.54, 1.807) is 7.11 Å². The van der Waals surface area contributed by atoms with Crippen molar-refractivity contribution in [3.63, 3.8) is 0 Å². The lowest BCUT2D eigenvalue weighted by Crippen LogP contribution is -2.38. The van der Waals surface area contributed by atoms with Crippen molar-refractivity contribution in [2.45, 2.75) is 18.7 Å². The van der Waals surface area contributed by atoms with Gasteiger partial charge in [-0.25, -0.2) is 4.79 Å². The molecular weight excluding hydrogens is 361 g/mol. The number of amides is 2. The summed E-state index contributed by atoms with van der Waals surface area (Å²) in [5.41, 5.74) is 0.533. The normalized spacial score (nSPS) is 12.3. The first-order chi connectivity index (χ1) is 12.8. The summed E-state index contributed by atoms with van der Waals surface area (Å²) in [4.78, 5) is 11.8. The summed E-state index contributed by atoms with van der Waals surface area (Å²) in [6.07, 6.45) is -4.90. The molecule has 5 nitrogen and oxygen atoms in total. The van der Waals surface area contributed by atoms with E-state index < -0.39 is 23.9 Å². The number of aliphatic hydroxyl groups excluding tert-OH is 1. The number of hydrogen-bond donors (Lipinski definition) is 3. The van der Waals surface area contributed by atoms with Crippen LogP contribution in [-0.2, 0) is 12.6 Å². The predicted molar refractivity (Wildman–Crippen MR) is 94.5 cm³/mol. The van der Waals surface area contributed by atoms with Crippen LogP contribution in [0, 0.1) is 0 Å². The smallest absolute Gasteiger partial charge is 0.416 e. The van der Waals surface area contributed by atoms with Crippen LogP contribution in [0.2, 0.25) is 0 Å². The third-order valence-corrected chi connectivity index (χ3v) is 3.94. The van der Waals surface area contributed by atoms with Gasteiger partial charge < -0.3 is 20.5 Å². The molecule has 27 heavy (non-hydrogen) atoms. The van der Waals surface area contributed by atoms with Crippen LogP contribution >= 0.6 is 0 Å². The molecule has 0 aromatic heterocycles. The van der Waals surface area contributed by atoms with Crippen LogP contribution in [0.1, 0.15) is 22.8 Å². The van der Waals surface area contributed by atoms with E-state index in [4.69, 9.17) is 4.74 Å². The number of alkyl halides is 3. The van der Waals surface area contributed by atoms with Crippen molar-refractivity contribution < 1.29 is 27.8 Å². The molecule has 2 aromatic rings. The van der Waals surface area contributed by atoms with E-state index >= 15 is 0 Å². The van der Waals surface area contributed by atoms with Crippen LogP contribution in [-0.4, -0.2) is 31.3 Å². The first-order valence-electron chi connectivity index (χ1n) is 8.29. The summed E-state index contributed by atoms with van der Waals surface area (Å²) in [7, 11) is 1.58. The van der Waals surface area contributed by atoms with Gasteiger partial charge in [-0.05, 0) is 41.8 Å². The number of carbonyl (C=O) groups excluding carboxylic acids is 1. The largest absolute Gasteiger partial charge is 0.497 e. The molecule has 0 aliphatic carbocycles. The lowest BCUT2D eigenvalue weighted by molar-refractivity contribution is -0.137. The van der Waals surface area contributed by atoms with E-state index in [-0.39, 0.29) is 6.54 Å². The van der Waals surface area contributed by atoms with Crippen molar-refractivity contribution in [3.05, 3.63) is 65.2 Å². The zero-order valence-corrected chi connectivity index (χ0v) is 14.7. The van der Waals surface area contributed by atoms with Crippen molar-refractivity contribution in [3.8, 4) is 5.75 Å². The highest BCUT2D eigenvalue weighted by atomic mass is 19.4. The van der Waals surface area contributed by atoms with Gasteiger partial charge in [0.05, 0.1) is 18.8 Å². The molecule has 2 amide bonds. The van der Waals surface area contributed by atoms with Gasteiger partial charge in [-0.3, -0.25) is 0 Å². The first-order valence-corrected chi connectivity index (χ1v) is 8.29. The van der Waals surface area contributed by atoms with Gasteiger partial charge in [0.1, 0.15) is 5.75 Å². The third kappa shape index (κ3) is 6.49. The highest BCUT2D eigenvalue weighted by molar-refractivity contribution is 5.73. The summed E-state index contributed by atoms with van der Waals surface area (Å²) in [6.45, 7) is 0.286. The Morgan fingerprint density at radius 2 is 1.70 bits per heavy atom. The molecule has 2 aromatic carbocycles. The van der Waals surface area contributed by atoms with E-state index in [1.165, 1.54) is 12.1 Å². The van der Waals surface area contributed by atoms with Crippen molar-refractivity contribution in [2.75, 3.05) is 20.2 Å². The monoisotopic (exact) mass is 382 g/mol. The maximum Gasteiger partial charge on any atom is 0.416 e. The fourth-order valence-electron chi connectivity index (χ4n) is 2.38. The molecule has 146 valence electrons. The number of nitrogens with one attached hydrogen (secondary N) is 2. The minimum Gasteiger partial charge on any atom is -0.497 e. The zero-order chi connectivity index (χ0) is 19.9. The van der Waals surface area contributed by atoms with E-state index in [0.29, 0.717) is 18.5 Å². The lowest BCUT2D eigenvalue weighted by atomic mass is 10.1. The molecule has 0 fully saturated rings. The molecule has 1 atom stereocenters. The lowest BCUT2D eigenvalue weighted by Gasteiger charge is -2.14. The van der Waals surface area contributed by atoms with Crippen molar-refractivity contribution in [1.82, 2.24) is 10.6 Å². The molecule has 8 heteroatoms. The first kappa shape index (κ1) is 20.6. The summed E-state index contributed by atoms with van der Waals surface area (Å²) in [5.74, 6) is 0.752. The average molecular weight is 382 g/mol. The van der Waals surface area contributed by atoms with E-state index in [0.717, 1.165) is 23.4 Å². The van der Waals surface area contributed by atoms with Gasteiger partial charge in [0.2, 0.25) is 0 Å². The molecule has 0 aliphatic rings. The van der Waals surface area contributed by atoms with Crippen LogP contribution in [0.15, 0.2) is 48.5 Å². The number of ether oxygens (including phenoxy) is 1. The summed E-state index contributed by atoms with van der Waals surface area (Å²) >= 11 is 0. The van der Waals surface area contributed by atoms with Gasteiger partial charge in [0, 0.05) is 13.1 Å². The minimum atomic E-state index is -4.43. The quantitative estimate of drug-likeness (QED) is 0.688. The van der Waals surface area contributed by atoms with Crippen LogP contribution in [0.5, 0.6) is 5.75 Å². The fraction of sp³-hybridized carbons (Fsp3) is 0.316. The number of benzene rings is 2.